The molecule has 0 fully saturated rings. The van der Waals surface area contributed by atoms with Crippen LogP contribution in [0.2, 0.25) is 0 Å². The average Bonchev–Trinajstić information content (AvgIpc) is 2.24. The van der Waals surface area contributed by atoms with Crippen molar-refractivity contribution in [1.82, 2.24) is 4.98 Å². The molecule has 1 atom stereocenters. The second-order valence-corrected chi connectivity index (χ2v) is 4.99. The molecule has 0 aliphatic carbocycles. The third kappa shape index (κ3) is 4.95. The van der Waals surface area contributed by atoms with Crippen LogP contribution in [0, 0.1) is 5.92 Å². The number of carbonyl (C=O) groups excluding carboxylic acids is 1. The summed E-state index contributed by atoms with van der Waals surface area (Å²) in [5, 5.41) is 0. The van der Waals surface area contributed by atoms with Crippen LogP contribution in [-0.4, -0.2) is 23.1 Å². The number of carbonyl (C=O) groups is 1. The van der Waals surface area contributed by atoms with E-state index in [2.05, 4.69) is 4.98 Å². The van der Waals surface area contributed by atoms with Gasteiger partial charge in [0.2, 0.25) is 0 Å². The number of hydrogen-bond donors (Lipinski definition) is 1. The molecule has 1 rings (SSSR count). The molecule has 0 spiro atoms. The number of nitrogens with zero attached hydrogens (tertiary/aromatic N) is 1. The molecular weight excluding hydrogens is 216 g/mol. The van der Waals surface area contributed by atoms with Crippen LogP contribution in [0.15, 0.2) is 24.4 Å². The Labute approximate surface area is 102 Å². The van der Waals surface area contributed by atoms with Crippen molar-refractivity contribution in [1.29, 1.82) is 0 Å². The summed E-state index contributed by atoms with van der Waals surface area (Å²) in [7, 11) is 0. The maximum atomic E-state index is 11.9. The molecule has 1 aromatic rings. The Hall–Kier alpha value is -1.42. The van der Waals surface area contributed by atoms with Crippen molar-refractivity contribution >= 4 is 5.97 Å². The van der Waals surface area contributed by atoms with Gasteiger partial charge in [0.1, 0.15) is 5.60 Å². The monoisotopic (exact) mass is 236 g/mol. The maximum Gasteiger partial charge on any atom is 0.311 e. The summed E-state index contributed by atoms with van der Waals surface area (Å²) in [4.78, 5) is 16.0. The lowest BCUT2D eigenvalue weighted by molar-refractivity contribution is -0.159. The Morgan fingerprint density at radius 1 is 1.47 bits per heavy atom. The molecule has 0 aromatic carbocycles. The van der Waals surface area contributed by atoms with Gasteiger partial charge in [-0.1, -0.05) is 6.07 Å². The van der Waals surface area contributed by atoms with E-state index in [0.29, 0.717) is 6.42 Å². The van der Waals surface area contributed by atoms with Crippen LogP contribution < -0.4 is 5.73 Å². The Morgan fingerprint density at radius 3 is 2.65 bits per heavy atom. The highest BCUT2D eigenvalue weighted by Crippen LogP contribution is 2.13. The first-order chi connectivity index (χ1) is 7.92. The van der Waals surface area contributed by atoms with Gasteiger partial charge in [0, 0.05) is 24.9 Å². The molecular formula is C13H20N2O2. The summed E-state index contributed by atoms with van der Waals surface area (Å²) < 4.78 is 5.32. The van der Waals surface area contributed by atoms with Gasteiger partial charge in [0.15, 0.2) is 0 Å². The SMILES string of the molecule is CC(C)(C)OC(=O)C(CN)Cc1ccccn1. The van der Waals surface area contributed by atoms with E-state index in [4.69, 9.17) is 10.5 Å². The van der Waals surface area contributed by atoms with Gasteiger partial charge in [0.05, 0.1) is 5.92 Å². The Morgan fingerprint density at radius 2 is 2.18 bits per heavy atom. The molecule has 0 aliphatic heterocycles. The van der Waals surface area contributed by atoms with Crippen molar-refractivity contribution in [3.8, 4) is 0 Å². The molecule has 0 saturated heterocycles. The van der Waals surface area contributed by atoms with E-state index in [0.717, 1.165) is 5.69 Å². The zero-order valence-electron chi connectivity index (χ0n) is 10.6. The molecule has 0 aliphatic rings. The van der Waals surface area contributed by atoms with Crippen LogP contribution in [0.25, 0.3) is 0 Å². The van der Waals surface area contributed by atoms with E-state index in [9.17, 15) is 4.79 Å². The molecule has 0 radical (unpaired) electrons. The predicted octanol–water partition coefficient (Wildman–Crippen LogP) is 1.54. The quantitative estimate of drug-likeness (QED) is 0.805. The summed E-state index contributed by atoms with van der Waals surface area (Å²) in [6, 6.07) is 5.62. The van der Waals surface area contributed by atoms with Gasteiger partial charge in [-0.25, -0.2) is 0 Å². The van der Waals surface area contributed by atoms with Gasteiger partial charge in [0.25, 0.3) is 0 Å². The summed E-state index contributed by atoms with van der Waals surface area (Å²) >= 11 is 0. The van der Waals surface area contributed by atoms with Crippen molar-refractivity contribution in [3.63, 3.8) is 0 Å². The van der Waals surface area contributed by atoms with Crippen molar-refractivity contribution < 1.29 is 9.53 Å². The first-order valence-electron chi connectivity index (χ1n) is 5.75. The minimum atomic E-state index is -0.478. The van der Waals surface area contributed by atoms with Crippen molar-refractivity contribution in [3.05, 3.63) is 30.1 Å². The van der Waals surface area contributed by atoms with Gasteiger partial charge in [-0.15, -0.1) is 0 Å². The third-order valence-electron chi connectivity index (χ3n) is 2.21. The molecule has 4 heteroatoms. The van der Waals surface area contributed by atoms with E-state index in [1.54, 1.807) is 6.20 Å². The molecule has 94 valence electrons. The summed E-state index contributed by atoms with van der Waals surface area (Å²) in [5.41, 5.74) is 5.99. The molecule has 17 heavy (non-hydrogen) atoms. The van der Waals surface area contributed by atoms with Crippen molar-refractivity contribution in [2.45, 2.75) is 32.8 Å². The number of ether oxygens (including phenoxy) is 1. The highest BCUT2D eigenvalue weighted by atomic mass is 16.6. The van der Waals surface area contributed by atoms with Crippen LogP contribution in [-0.2, 0) is 16.0 Å². The van der Waals surface area contributed by atoms with Crippen LogP contribution in [0.4, 0.5) is 0 Å². The lowest BCUT2D eigenvalue weighted by Gasteiger charge is -2.23. The second kappa shape index (κ2) is 5.77. The summed E-state index contributed by atoms with van der Waals surface area (Å²) in [5.74, 6) is -0.588. The number of pyridine rings is 1. The van der Waals surface area contributed by atoms with E-state index < -0.39 is 5.60 Å². The molecule has 0 saturated carbocycles. The van der Waals surface area contributed by atoms with Crippen LogP contribution in [0.3, 0.4) is 0 Å². The van der Waals surface area contributed by atoms with Gasteiger partial charge in [-0.05, 0) is 32.9 Å². The first-order valence-corrected chi connectivity index (χ1v) is 5.75. The largest absolute Gasteiger partial charge is 0.460 e. The molecule has 2 N–H and O–H groups in total. The lowest BCUT2D eigenvalue weighted by Crippen LogP contribution is -2.33. The standard InChI is InChI=1S/C13H20N2O2/c1-13(2,3)17-12(16)10(9-14)8-11-6-4-5-7-15-11/h4-7,10H,8-9,14H2,1-3H3. The Kier molecular flexibility index (Phi) is 4.63. The smallest absolute Gasteiger partial charge is 0.311 e. The first kappa shape index (κ1) is 13.6. The van der Waals surface area contributed by atoms with Gasteiger partial charge in [-0.2, -0.15) is 0 Å². The highest BCUT2D eigenvalue weighted by molar-refractivity contribution is 5.73. The highest BCUT2D eigenvalue weighted by Gasteiger charge is 2.24. The fourth-order valence-electron chi connectivity index (χ4n) is 1.42. The molecule has 1 unspecified atom stereocenters. The van der Waals surface area contributed by atoms with Gasteiger partial charge >= 0.3 is 5.97 Å². The fraction of sp³-hybridized carbons (Fsp3) is 0.538. The maximum absolute atomic E-state index is 11.9. The van der Waals surface area contributed by atoms with E-state index in [1.165, 1.54) is 0 Å². The molecule has 1 aromatic heterocycles. The topological polar surface area (TPSA) is 65.2 Å². The van der Waals surface area contributed by atoms with Crippen molar-refractivity contribution in [2.24, 2.45) is 11.7 Å². The average molecular weight is 236 g/mol. The molecule has 0 amide bonds. The van der Waals surface area contributed by atoms with Crippen LogP contribution in [0.1, 0.15) is 26.5 Å². The van der Waals surface area contributed by atoms with E-state index in [1.807, 2.05) is 39.0 Å². The normalized spacial score (nSPS) is 13.2. The minimum absolute atomic E-state index is 0.259. The van der Waals surface area contributed by atoms with Gasteiger partial charge < -0.3 is 10.5 Å². The number of esters is 1. The zero-order valence-corrected chi connectivity index (χ0v) is 10.6. The van der Waals surface area contributed by atoms with Crippen molar-refractivity contribution in [2.75, 3.05) is 6.54 Å². The van der Waals surface area contributed by atoms with E-state index >= 15 is 0 Å². The van der Waals surface area contributed by atoms with Gasteiger partial charge in [-0.3, -0.25) is 9.78 Å². The number of nitrogens with two attached hydrogens (primary N) is 1. The third-order valence-corrected chi connectivity index (χ3v) is 2.21. The minimum Gasteiger partial charge on any atom is -0.460 e. The van der Waals surface area contributed by atoms with E-state index in [-0.39, 0.29) is 18.4 Å². The summed E-state index contributed by atoms with van der Waals surface area (Å²) in [6.45, 7) is 5.81. The summed E-state index contributed by atoms with van der Waals surface area (Å²) in [6.07, 6.45) is 2.23. The second-order valence-electron chi connectivity index (χ2n) is 4.99. The molecule has 0 bridgehead atoms. The van der Waals surface area contributed by atoms with Crippen LogP contribution >= 0.6 is 0 Å². The zero-order chi connectivity index (χ0) is 12.9. The lowest BCUT2D eigenvalue weighted by atomic mass is 10.0. The number of hydrogen-bond acceptors (Lipinski definition) is 4. The Bertz CT molecular complexity index is 357. The number of rotatable bonds is 4. The fourth-order valence-corrected chi connectivity index (χ4v) is 1.42. The Balaban J connectivity index is 2.63. The van der Waals surface area contributed by atoms with Crippen LogP contribution in [0.5, 0.6) is 0 Å². The molecule has 1 heterocycles. The molecule has 4 nitrogen and oxygen atoms in total. The predicted molar refractivity (Wildman–Crippen MR) is 66.3 cm³/mol. The number of aromatic nitrogens is 1.